The summed E-state index contributed by atoms with van der Waals surface area (Å²) in [6, 6.07) is 5.45. The van der Waals surface area contributed by atoms with Crippen molar-refractivity contribution in [1.82, 2.24) is 0 Å². The van der Waals surface area contributed by atoms with E-state index in [9.17, 15) is 0 Å². The van der Waals surface area contributed by atoms with Crippen LogP contribution >= 0.6 is 23.2 Å². The van der Waals surface area contributed by atoms with Crippen LogP contribution in [0.1, 0.15) is 19.4 Å². The number of halogens is 2. The molecule has 1 aromatic carbocycles. The fourth-order valence-electron chi connectivity index (χ4n) is 1.24. The highest BCUT2D eigenvalue weighted by Crippen LogP contribution is 2.31. The van der Waals surface area contributed by atoms with Crippen molar-refractivity contribution >= 4 is 23.2 Å². The molecule has 0 atom stereocenters. The fourth-order valence-corrected chi connectivity index (χ4v) is 1.77. The third kappa shape index (κ3) is 2.88. The van der Waals surface area contributed by atoms with Crippen LogP contribution in [0, 0.1) is 5.41 Å². The molecule has 0 bridgehead atoms. The molecule has 0 aliphatic carbocycles. The van der Waals surface area contributed by atoms with Gasteiger partial charge in [0.15, 0.2) is 0 Å². The second kappa shape index (κ2) is 4.52. The third-order valence-corrected chi connectivity index (χ3v) is 2.85. The van der Waals surface area contributed by atoms with Crippen molar-refractivity contribution < 1.29 is 5.11 Å². The van der Waals surface area contributed by atoms with Crippen molar-refractivity contribution in [3.05, 3.63) is 33.8 Å². The maximum atomic E-state index is 9.15. The molecule has 14 heavy (non-hydrogen) atoms. The van der Waals surface area contributed by atoms with Crippen LogP contribution in [0.25, 0.3) is 0 Å². The second-order valence-electron chi connectivity index (χ2n) is 4.20. The molecule has 1 rings (SSSR count). The van der Waals surface area contributed by atoms with Crippen LogP contribution in [0.3, 0.4) is 0 Å². The van der Waals surface area contributed by atoms with Crippen molar-refractivity contribution in [2.45, 2.75) is 20.3 Å². The average molecular weight is 233 g/mol. The second-order valence-corrected chi connectivity index (χ2v) is 5.01. The summed E-state index contributed by atoms with van der Waals surface area (Å²) < 4.78 is 0. The van der Waals surface area contributed by atoms with E-state index < -0.39 is 0 Å². The van der Waals surface area contributed by atoms with Crippen LogP contribution in [0.15, 0.2) is 18.2 Å². The highest BCUT2D eigenvalue weighted by molar-refractivity contribution is 6.35. The number of benzene rings is 1. The maximum Gasteiger partial charge on any atom is 0.0485 e. The average Bonchev–Trinajstić information content (AvgIpc) is 2.12. The maximum absolute atomic E-state index is 9.15. The van der Waals surface area contributed by atoms with Crippen molar-refractivity contribution in [3.63, 3.8) is 0 Å². The van der Waals surface area contributed by atoms with E-state index in [0.717, 1.165) is 5.56 Å². The predicted molar refractivity (Wildman–Crippen MR) is 61.0 cm³/mol. The first-order chi connectivity index (χ1) is 6.46. The molecule has 0 fully saturated rings. The normalized spacial score (nSPS) is 11.8. The van der Waals surface area contributed by atoms with E-state index in [-0.39, 0.29) is 12.0 Å². The SMILES string of the molecule is CC(C)(CO)Cc1c(Cl)cccc1Cl. The van der Waals surface area contributed by atoms with Crippen LogP contribution in [-0.4, -0.2) is 11.7 Å². The lowest BCUT2D eigenvalue weighted by Crippen LogP contribution is -2.20. The molecule has 1 N–H and O–H groups in total. The van der Waals surface area contributed by atoms with Gasteiger partial charge in [0.25, 0.3) is 0 Å². The van der Waals surface area contributed by atoms with Crippen LogP contribution in [-0.2, 0) is 6.42 Å². The fraction of sp³-hybridized carbons (Fsp3) is 0.455. The summed E-state index contributed by atoms with van der Waals surface area (Å²) in [5.74, 6) is 0. The van der Waals surface area contributed by atoms with Gasteiger partial charge in [-0.05, 0) is 29.5 Å². The smallest absolute Gasteiger partial charge is 0.0485 e. The first kappa shape index (κ1) is 11.8. The van der Waals surface area contributed by atoms with Gasteiger partial charge in [0, 0.05) is 16.7 Å². The molecular formula is C11H14Cl2O. The molecule has 1 aromatic rings. The van der Waals surface area contributed by atoms with Gasteiger partial charge in [0.2, 0.25) is 0 Å². The minimum atomic E-state index is -0.186. The highest BCUT2D eigenvalue weighted by Gasteiger charge is 2.20. The van der Waals surface area contributed by atoms with Gasteiger partial charge in [-0.3, -0.25) is 0 Å². The molecule has 78 valence electrons. The van der Waals surface area contributed by atoms with Crippen LogP contribution < -0.4 is 0 Å². The zero-order valence-electron chi connectivity index (χ0n) is 8.35. The molecule has 3 heteroatoms. The Morgan fingerprint density at radius 1 is 1.21 bits per heavy atom. The molecule has 0 radical (unpaired) electrons. The lowest BCUT2D eigenvalue weighted by atomic mass is 9.87. The van der Waals surface area contributed by atoms with E-state index in [1.54, 1.807) is 0 Å². The summed E-state index contributed by atoms with van der Waals surface area (Å²) >= 11 is 12.1. The highest BCUT2D eigenvalue weighted by atomic mass is 35.5. The van der Waals surface area contributed by atoms with E-state index >= 15 is 0 Å². The zero-order chi connectivity index (χ0) is 10.8. The Kier molecular flexibility index (Phi) is 3.82. The Bertz CT molecular complexity index is 301. The molecule has 1 nitrogen and oxygen atoms in total. The molecule has 0 aromatic heterocycles. The van der Waals surface area contributed by atoms with E-state index in [4.69, 9.17) is 28.3 Å². The Morgan fingerprint density at radius 3 is 2.14 bits per heavy atom. The van der Waals surface area contributed by atoms with Gasteiger partial charge in [0.1, 0.15) is 0 Å². The largest absolute Gasteiger partial charge is 0.396 e. The minimum Gasteiger partial charge on any atom is -0.396 e. The van der Waals surface area contributed by atoms with E-state index in [1.165, 1.54) is 0 Å². The summed E-state index contributed by atoms with van der Waals surface area (Å²) in [5.41, 5.74) is 0.726. The van der Waals surface area contributed by atoms with E-state index in [1.807, 2.05) is 32.0 Å². The van der Waals surface area contributed by atoms with Gasteiger partial charge in [-0.2, -0.15) is 0 Å². The van der Waals surface area contributed by atoms with Crippen molar-refractivity contribution in [2.24, 2.45) is 5.41 Å². The molecule has 0 saturated heterocycles. The van der Waals surface area contributed by atoms with E-state index in [2.05, 4.69) is 0 Å². The number of hydrogen-bond donors (Lipinski definition) is 1. The predicted octanol–water partition coefficient (Wildman–Crippen LogP) is 3.55. The van der Waals surface area contributed by atoms with Crippen LogP contribution in [0.2, 0.25) is 10.0 Å². The lowest BCUT2D eigenvalue weighted by molar-refractivity contribution is 0.160. The molecule has 0 heterocycles. The summed E-state index contributed by atoms with van der Waals surface area (Å²) in [5, 5.41) is 10.5. The van der Waals surface area contributed by atoms with Crippen molar-refractivity contribution in [2.75, 3.05) is 6.61 Å². The topological polar surface area (TPSA) is 20.2 Å². The number of aliphatic hydroxyl groups excluding tert-OH is 1. The molecule has 0 aliphatic heterocycles. The van der Waals surface area contributed by atoms with Crippen molar-refractivity contribution in [1.29, 1.82) is 0 Å². The number of aliphatic hydroxyl groups is 1. The van der Waals surface area contributed by atoms with Gasteiger partial charge >= 0.3 is 0 Å². The third-order valence-electron chi connectivity index (χ3n) is 2.15. The summed E-state index contributed by atoms with van der Waals surface area (Å²) in [4.78, 5) is 0. The molecule has 0 spiro atoms. The molecule has 0 aliphatic rings. The standard InChI is InChI=1S/C11H14Cl2O/c1-11(2,7-14)6-8-9(12)4-3-5-10(8)13/h3-5,14H,6-7H2,1-2H3. The van der Waals surface area contributed by atoms with Gasteiger partial charge in [-0.25, -0.2) is 0 Å². The van der Waals surface area contributed by atoms with Gasteiger partial charge in [-0.15, -0.1) is 0 Å². The Hall–Kier alpha value is -0.240. The number of hydrogen-bond acceptors (Lipinski definition) is 1. The first-order valence-corrected chi connectivity index (χ1v) is 5.25. The molecular weight excluding hydrogens is 219 g/mol. The van der Waals surface area contributed by atoms with Crippen LogP contribution in [0.5, 0.6) is 0 Å². The first-order valence-electron chi connectivity index (χ1n) is 4.50. The monoisotopic (exact) mass is 232 g/mol. The summed E-state index contributed by atoms with van der Waals surface area (Å²) in [6.07, 6.45) is 0.683. The Labute approximate surface area is 94.7 Å². The lowest BCUT2D eigenvalue weighted by Gasteiger charge is -2.22. The Morgan fingerprint density at radius 2 is 1.71 bits per heavy atom. The number of rotatable bonds is 3. The Balaban J connectivity index is 2.97. The molecule has 0 saturated carbocycles. The van der Waals surface area contributed by atoms with Crippen LogP contribution in [0.4, 0.5) is 0 Å². The summed E-state index contributed by atoms with van der Waals surface area (Å²) in [7, 11) is 0. The molecule has 0 unspecified atom stereocenters. The summed E-state index contributed by atoms with van der Waals surface area (Å²) in [6.45, 7) is 4.08. The van der Waals surface area contributed by atoms with E-state index in [0.29, 0.717) is 16.5 Å². The van der Waals surface area contributed by atoms with Gasteiger partial charge < -0.3 is 5.11 Å². The minimum absolute atomic E-state index is 0.120. The zero-order valence-corrected chi connectivity index (χ0v) is 9.86. The quantitative estimate of drug-likeness (QED) is 0.846. The van der Waals surface area contributed by atoms with Gasteiger partial charge in [0.05, 0.1) is 0 Å². The van der Waals surface area contributed by atoms with Gasteiger partial charge in [-0.1, -0.05) is 43.1 Å². The van der Waals surface area contributed by atoms with Crippen molar-refractivity contribution in [3.8, 4) is 0 Å². The molecule has 0 amide bonds.